The molecule has 174 valence electrons. The van der Waals surface area contributed by atoms with Crippen molar-refractivity contribution in [2.24, 2.45) is 5.92 Å². The zero-order valence-electron chi connectivity index (χ0n) is 18.7. The Balaban J connectivity index is 1.34. The molecule has 0 aliphatic heterocycles. The molecule has 7 nitrogen and oxygen atoms in total. The van der Waals surface area contributed by atoms with Gasteiger partial charge in [0.05, 0.1) is 13.0 Å². The summed E-state index contributed by atoms with van der Waals surface area (Å²) in [7, 11) is 0. The topological polar surface area (TPSA) is 96.5 Å². The number of amides is 2. The highest BCUT2D eigenvalue weighted by Crippen LogP contribution is 2.31. The van der Waals surface area contributed by atoms with Crippen LogP contribution in [0.4, 0.5) is 11.4 Å². The molecule has 2 aromatic carbocycles. The first-order valence-electron chi connectivity index (χ1n) is 11.1. The Morgan fingerprint density at radius 3 is 2.52 bits per heavy atom. The van der Waals surface area contributed by atoms with E-state index in [-0.39, 0.29) is 35.7 Å². The van der Waals surface area contributed by atoms with Gasteiger partial charge in [0.1, 0.15) is 0 Å². The molecule has 8 heteroatoms. The second-order valence-electron chi connectivity index (χ2n) is 8.11. The van der Waals surface area contributed by atoms with Crippen molar-refractivity contribution < 1.29 is 19.1 Å². The van der Waals surface area contributed by atoms with Crippen molar-refractivity contribution in [2.75, 3.05) is 17.2 Å². The van der Waals surface area contributed by atoms with Gasteiger partial charge >= 0.3 is 5.97 Å². The summed E-state index contributed by atoms with van der Waals surface area (Å²) in [4.78, 5) is 36.0. The number of hydrogen-bond donors (Lipinski definition) is 3. The molecule has 3 rings (SSSR count). The molecule has 1 aliphatic rings. The largest absolute Gasteiger partial charge is 0.466 e. The quantitative estimate of drug-likeness (QED) is 0.276. The van der Waals surface area contributed by atoms with Crippen molar-refractivity contribution in [1.82, 2.24) is 5.32 Å². The molecule has 3 N–H and O–H groups in total. The van der Waals surface area contributed by atoms with Crippen LogP contribution >= 0.6 is 12.2 Å². The predicted molar refractivity (Wildman–Crippen MR) is 132 cm³/mol. The minimum Gasteiger partial charge on any atom is -0.466 e. The number of aryl methyl sites for hydroxylation is 2. The summed E-state index contributed by atoms with van der Waals surface area (Å²) in [6.45, 7) is 2.23. The lowest BCUT2D eigenvalue weighted by Crippen LogP contribution is -2.34. The first-order chi connectivity index (χ1) is 15.9. The molecule has 33 heavy (non-hydrogen) atoms. The second-order valence-corrected chi connectivity index (χ2v) is 8.51. The number of hydrogen-bond acceptors (Lipinski definition) is 5. The van der Waals surface area contributed by atoms with Gasteiger partial charge in [0.15, 0.2) is 5.11 Å². The Labute approximate surface area is 199 Å². The van der Waals surface area contributed by atoms with Crippen LogP contribution in [-0.2, 0) is 25.5 Å². The summed E-state index contributed by atoms with van der Waals surface area (Å²) in [6, 6.07) is 15.4. The molecule has 0 aromatic heterocycles. The molecular weight excluding hydrogens is 438 g/mol. The van der Waals surface area contributed by atoms with Gasteiger partial charge in [0.25, 0.3) is 0 Å². The maximum atomic E-state index is 12.1. The molecular formula is C25H29N3O4S. The van der Waals surface area contributed by atoms with Gasteiger partial charge in [-0.05, 0) is 68.1 Å². The minimum absolute atomic E-state index is 0.0122. The van der Waals surface area contributed by atoms with Crippen LogP contribution in [0, 0.1) is 12.8 Å². The van der Waals surface area contributed by atoms with E-state index >= 15 is 0 Å². The van der Waals surface area contributed by atoms with E-state index in [1.54, 1.807) is 6.07 Å². The number of carbonyl (C=O) groups is 3. The number of esters is 1. The summed E-state index contributed by atoms with van der Waals surface area (Å²) in [6.07, 6.45) is 3.40. The van der Waals surface area contributed by atoms with Gasteiger partial charge in [-0.25, -0.2) is 0 Å². The highest BCUT2D eigenvalue weighted by Gasteiger charge is 2.29. The smallest absolute Gasteiger partial charge is 0.306 e. The highest BCUT2D eigenvalue weighted by atomic mass is 32.1. The van der Waals surface area contributed by atoms with Gasteiger partial charge in [-0.1, -0.05) is 36.4 Å². The van der Waals surface area contributed by atoms with E-state index in [1.807, 2.05) is 49.4 Å². The lowest BCUT2D eigenvalue weighted by atomic mass is 10.1. The fourth-order valence-electron chi connectivity index (χ4n) is 3.16. The summed E-state index contributed by atoms with van der Waals surface area (Å²) >= 11 is 5.19. The van der Waals surface area contributed by atoms with E-state index in [2.05, 4.69) is 16.0 Å². The number of thiocarbonyl (C=S) groups is 1. The average molecular weight is 468 g/mol. The van der Waals surface area contributed by atoms with Crippen LogP contribution in [0.3, 0.4) is 0 Å². The average Bonchev–Trinajstić information content (AvgIpc) is 3.64. The first kappa shape index (κ1) is 24.4. The van der Waals surface area contributed by atoms with Gasteiger partial charge in [-0.3, -0.25) is 14.4 Å². The molecule has 0 radical (unpaired) electrons. The van der Waals surface area contributed by atoms with Crippen LogP contribution in [0.5, 0.6) is 0 Å². The van der Waals surface area contributed by atoms with Crippen LogP contribution in [0.25, 0.3) is 0 Å². The van der Waals surface area contributed by atoms with Crippen LogP contribution < -0.4 is 16.0 Å². The molecule has 0 atom stereocenters. The summed E-state index contributed by atoms with van der Waals surface area (Å²) in [5.74, 6) is -0.648. The zero-order chi connectivity index (χ0) is 23.6. The molecule has 0 unspecified atom stereocenters. The third-order valence-electron chi connectivity index (χ3n) is 5.23. The highest BCUT2D eigenvalue weighted by molar-refractivity contribution is 7.80. The Kier molecular flexibility index (Phi) is 8.95. The minimum atomic E-state index is -0.410. The summed E-state index contributed by atoms with van der Waals surface area (Å²) in [5.41, 5.74) is 3.49. The van der Waals surface area contributed by atoms with Gasteiger partial charge in [0, 0.05) is 23.7 Å². The third kappa shape index (κ3) is 8.65. The van der Waals surface area contributed by atoms with E-state index < -0.39 is 5.97 Å². The van der Waals surface area contributed by atoms with Crippen LogP contribution in [0.2, 0.25) is 0 Å². The van der Waals surface area contributed by atoms with E-state index in [0.717, 1.165) is 31.2 Å². The standard InChI is InChI=1S/C25H29N3O4S/c1-17-9-12-20(16-21(17)27-24(31)19-10-11-19)26-25(33)28-22(29)13-14-23(30)32-15-5-8-18-6-3-2-4-7-18/h2-4,6-7,9,12,16,19H,5,8,10-11,13-15H2,1H3,(H,27,31)(H2,26,28,29,33). The van der Waals surface area contributed by atoms with Crippen LogP contribution in [0.1, 0.15) is 43.2 Å². The van der Waals surface area contributed by atoms with Gasteiger partial charge < -0.3 is 20.7 Å². The van der Waals surface area contributed by atoms with Crippen molar-refractivity contribution >= 4 is 46.5 Å². The van der Waals surface area contributed by atoms with Crippen molar-refractivity contribution in [3.63, 3.8) is 0 Å². The molecule has 2 aromatic rings. The monoisotopic (exact) mass is 467 g/mol. The molecule has 1 saturated carbocycles. The normalized spacial score (nSPS) is 12.5. The zero-order valence-corrected chi connectivity index (χ0v) is 19.5. The second kappa shape index (κ2) is 12.1. The molecule has 0 bridgehead atoms. The molecule has 0 heterocycles. The lowest BCUT2D eigenvalue weighted by molar-refractivity contribution is -0.145. The Morgan fingerprint density at radius 1 is 1.03 bits per heavy atom. The fourth-order valence-corrected chi connectivity index (χ4v) is 3.39. The molecule has 1 fully saturated rings. The molecule has 2 amide bonds. The SMILES string of the molecule is Cc1ccc(NC(=S)NC(=O)CCC(=O)OCCCc2ccccc2)cc1NC(=O)C1CC1. The lowest BCUT2D eigenvalue weighted by Gasteiger charge is -2.13. The summed E-state index contributed by atoms with van der Waals surface area (Å²) in [5, 5.41) is 8.55. The van der Waals surface area contributed by atoms with Gasteiger partial charge in [-0.2, -0.15) is 0 Å². The number of nitrogens with one attached hydrogen (secondary N) is 3. The van der Waals surface area contributed by atoms with E-state index in [0.29, 0.717) is 18.0 Å². The number of benzene rings is 2. The Bertz CT molecular complexity index is 1010. The maximum absolute atomic E-state index is 12.1. The number of rotatable bonds is 10. The van der Waals surface area contributed by atoms with Crippen molar-refractivity contribution in [3.05, 3.63) is 59.7 Å². The molecule has 0 saturated heterocycles. The Morgan fingerprint density at radius 2 is 1.79 bits per heavy atom. The van der Waals surface area contributed by atoms with E-state index in [4.69, 9.17) is 17.0 Å². The predicted octanol–water partition coefficient (Wildman–Crippen LogP) is 4.11. The van der Waals surface area contributed by atoms with Crippen molar-refractivity contribution in [1.29, 1.82) is 0 Å². The number of ether oxygens (including phenoxy) is 1. The van der Waals surface area contributed by atoms with E-state index in [9.17, 15) is 14.4 Å². The van der Waals surface area contributed by atoms with E-state index in [1.165, 1.54) is 5.56 Å². The fraction of sp³-hybridized carbons (Fsp3) is 0.360. The number of anilines is 2. The van der Waals surface area contributed by atoms with Crippen LogP contribution in [0.15, 0.2) is 48.5 Å². The number of carbonyl (C=O) groups excluding carboxylic acids is 3. The summed E-state index contributed by atoms with van der Waals surface area (Å²) < 4.78 is 5.19. The third-order valence-corrected chi connectivity index (χ3v) is 5.43. The van der Waals surface area contributed by atoms with Gasteiger partial charge in [-0.15, -0.1) is 0 Å². The first-order valence-corrected chi connectivity index (χ1v) is 11.5. The maximum Gasteiger partial charge on any atom is 0.306 e. The molecule has 0 spiro atoms. The van der Waals surface area contributed by atoms with Crippen LogP contribution in [-0.4, -0.2) is 29.5 Å². The van der Waals surface area contributed by atoms with Gasteiger partial charge in [0.2, 0.25) is 11.8 Å². The van der Waals surface area contributed by atoms with Crippen molar-refractivity contribution in [2.45, 2.75) is 45.4 Å². The van der Waals surface area contributed by atoms with Crippen molar-refractivity contribution in [3.8, 4) is 0 Å². The Hall–Kier alpha value is -3.26. The molecule has 1 aliphatic carbocycles.